The molecular weight excluding hydrogens is 200 g/mol. The SMILES string of the molecule is CC(C)c1ccc2c(cc(CN)n2C)c1O. The minimum Gasteiger partial charge on any atom is -0.507 e. The lowest BCUT2D eigenvalue weighted by Crippen LogP contribution is -2.02. The molecule has 1 heterocycles. The minimum absolute atomic E-state index is 0.325. The number of aryl methyl sites for hydroxylation is 1. The van der Waals surface area contributed by atoms with Crippen molar-refractivity contribution in [3.05, 3.63) is 29.5 Å². The Labute approximate surface area is 95.5 Å². The van der Waals surface area contributed by atoms with Crippen LogP contribution in [0.15, 0.2) is 18.2 Å². The molecule has 0 fully saturated rings. The zero-order chi connectivity index (χ0) is 11.9. The Bertz CT molecular complexity index is 526. The molecule has 3 heteroatoms. The van der Waals surface area contributed by atoms with Gasteiger partial charge in [0.15, 0.2) is 0 Å². The van der Waals surface area contributed by atoms with Crippen molar-refractivity contribution < 1.29 is 5.11 Å². The fraction of sp³-hybridized carbons (Fsp3) is 0.385. The van der Waals surface area contributed by atoms with Crippen molar-refractivity contribution in [2.75, 3.05) is 0 Å². The van der Waals surface area contributed by atoms with Gasteiger partial charge in [-0.05, 0) is 23.6 Å². The molecule has 0 radical (unpaired) electrons. The molecule has 86 valence electrons. The van der Waals surface area contributed by atoms with E-state index in [9.17, 15) is 5.11 Å². The summed E-state index contributed by atoms with van der Waals surface area (Å²) in [6.45, 7) is 4.64. The van der Waals surface area contributed by atoms with Crippen LogP contribution in [0.5, 0.6) is 5.75 Å². The molecule has 0 saturated carbocycles. The number of benzene rings is 1. The molecule has 2 aromatic rings. The molecule has 0 aliphatic heterocycles. The number of phenols is 1. The van der Waals surface area contributed by atoms with Gasteiger partial charge in [0, 0.05) is 24.7 Å². The number of rotatable bonds is 2. The number of nitrogens with two attached hydrogens (primary N) is 1. The number of phenolic OH excluding ortho intramolecular Hbond substituents is 1. The molecule has 0 aliphatic rings. The first kappa shape index (κ1) is 11.0. The smallest absolute Gasteiger partial charge is 0.128 e. The molecule has 1 aromatic carbocycles. The molecule has 0 saturated heterocycles. The normalized spacial score (nSPS) is 11.6. The predicted molar refractivity (Wildman–Crippen MR) is 66.6 cm³/mol. The number of hydrogen-bond acceptors (Lipinski definition) is 2. The Hall–Kier alpha value is -1.48. The van der Waals surface area contributed by atoms with Crippen LogP contribution in [0.2, 0.25) is 0 Å². The van der Waals surface area contributed by atoms with Crippen molar-refractivity contribution in [1.29, 1.82) is 0 Å². The van der Waals surface area contributed by atoms with E-state index in [1.54, 1.807) is 0 Å². The number of nitrogens with zero attached hydrogens (tertiary/aromatic N) is 1. The summed E-state index contributed by atoms with van der Waals surface area (Å²) in [7, 11) is 1.97. The van der Waals surface area contributed by atoms with E-state index in [1.807, 2.05) is 29.8 Å². The monoisotopic (exact) mass is 218 g/mol. The summed E-state index contributed by atoms with van der Waals surface area (Å²) in [4.78, 5) is 0. The molecule has 16 heavy (non-hydrogen) atoms. The van der Waals surface area contributed by atoms with Gasteiger partial charge in [0.05, 0.1) is 5.52 Å². The molecule has 0 bridgehead atoms. The minimum atomic E-state index is 0.325. The molecule has 0 spiro atoms. The van der Waals surface area contributed by atoms with Gasteiger partial charge in [0.2, 0.25) is 0 Å². The lowest BCUT2D eigenvalue weighted by molar-refractivity contribution is 0.471. The van der Waals surface area contributed by atoms with Crippen molar-refractivity contribution in [1.82, 2.24) is 4.57 Å². The Balaban J connectivity index is 2.75. The maximum Gasteiger partial charge on any atom is 0.128 e. The Morgan fingerprint density at radius 3 is 2.62 bits per heavy atom. The molecule has 0 amide bonds. The summed E-state index contributed by atoms with van der Waals surface area (Å²) in [5.74, 6) is 0.716. The van der Waals surface area contributed by atoms with E-state index >= 15 is 0 Å². The zero-order valence-corrected chi connectivity index (χ0v) is 9.99. The molecule has 2 rings (SSSR count). The standard InChI is InChI=1S/C13H18N2O/c1-8(2)10-4-5-12-11(13(10)16)6-9(7-14)15(12)3/h4-6,8,16H,7,14H2,1-3H3. The first-order valence-electron chi connectivity index (χ1n) is 5.56. The fourth-order valence-electron chi connectivity index (χ4n) is 2.13. The summed E-state index contributed by atoms with van der Waals surface area (Å²) >= 11 is 0. The highest BCUT2D eigenvalue weighted by Crippen LogP contribution is 2.34. The molecule has 3 nitrogen and oxygen atoms in total. The highest BCUT2D eigenvalue weighted by Gasteiger charge is 2.13. The van der Waals surface area contributed by atoms with E-state index in [1.165, 1.54) is 0 Å². The van der Waals surface area contributed by atoms with Crippen LogP contribution in [0.3, 0.4) is 0 Å². The lowest BCUT2D eigenvalue weighted by atomic mass is 10.0. The first-order valence-corrected chi connectivity index (χ1v) is 5.56. The predicted octanol–water partition coefficient (Wildman–Crippen LogP) is 2.47. The maximum atomic E-state index is 10.2. The van der Waals surface area contributed by atoms with Gasteiger partial charge in [-0.1, -0.05) is 19.9 Å². The highest BCUT2D eigenvalue weighted by molar-refractivity contribution is 5.88. The third-order valence-corrected chi connectivity index (χ3v) is 3.16. The summed E-state index contributed by atoms with van der Waals surface area (Å²) in [6, 6.07) is 6.00. The van der Waals surface area contributed by atoms with Crippen LogP contribution < -0.4 is 5.73 Å². The Kier molecular flexibility index (Phi) is 2.64. The van der Waals surface area contributed by atoms with Crippen molar-refractivity contribution in [3.8, 4) is 5.75 Å². The quantitative estimate of drug-likeness (QED) is 0.813. The third kappa shape index (κ3) is 1.48. The van der Waals surface area contributed by atoms with Crippen LogP contribution in [-0.4, -0.2) is 9.67 Å². The summed E-state index contributed by atoms with van der Waals surface area (Å²) in [5.41, 5.74) is 8.71. The van der Waals surface area contributed by atoms with E-state index in [-0.39, 0.29) is 0 Å². The average molecular weight is 218 g/mol. The molecular formula is C13H18N2O. The average Bonchev–Trinajstić information content (AvgIpc) is 2.57. The van der Waals surface area contributed by atoms with Gasteiger partial charge < -0.3 is 15.4 Å². The number of fused-ring (bicyclic) bond motifs is 1. The molecule has 0 unspecified atom stereocenters. The van der Waals surface area contributed by atoms with Crippen LogP contribution in [0, 0.1) is 0 Å². The van der Waals surface area contributed by atoms with Gasteiger partial charge in [-0.3, -0.25) is 0 Å². The van der Waals surface area contributed by atoms with E-state index in [0.29, 0.717) is 18.2 Å². The van der Waals surface area contributed by atoms with Crippen molar-refractivity contribution in [3.63, 3.8) is 0 Å². The van der Waals surface area contributed by atoms with Crippen LogP contribution in [0.1, 0.15) is 31.0 Å². The van der Waals surface area contributed by atoms with Gasteiger partial charge in [-0.15, -0.1) is 0 Å². The first-order chi connectivity index (χ1) is 7.56. The second-order valence-electron chi connectivity index (χ2n) is 4.49. The number of aromatic hydroxyl groups is 1. The topological polar surface area (TPSA) is 51.2 Å². The number of aromatic nitrogens is 1. The van der Waals surface area contributed by atoms with Crippen molar-refractivity contribution in [2.45, 2.75) is 26.3 Å². The molecule has 0 aliphatic carbocycles. The molecule has 0 atom stereocenters. The van der Waals surface area contributed by atoms with Crippen molar-refractivity contribution in [2.24, 2.45) is 12.8 Å². The van der Waals surface area contributed by atoms with Gasteiger partial charge in [0.25, 0.3) is 0 Å². The summed E-state index contributed by atoms with van der Waals surface area (Å²) in [6.07, 6.45) is 0. The van der Waals surface area contributed by atoms with Crippen molar-refractivity contribution >= 4 is 10.9 Å². The molecule has 1 aromatic heterocycles. The van der Waals surface area contributed by atoms with Crippen LogP contribution in [0.25, 0.3) is 10.9 Å². The fourth-order valence-corrected chi connectivity index (χ4v) is 2.13. The second kappa shape index (κ2) is 3.83. The van der Waals surface area contributed by atoms with E-state index < -0.39 is 0 Å². The van der Waals surface area contributed by atoms with Crippen LogP contribution in [0.4, 0.5) is 0 Å². The summed E-state index contributed by atoms with van der Waals surface area (Å²) < 4.78 is 2.03. The van der Waals surface area contributed by atoms with Gasteiger partial charge >= 0.3 is 0 Å². The van der Waals surface area contributed by atoms with Crippen LogP contribution in [-0.2, 0) is 13.6 Å². The zero-order valence-electron chi connectivity index (χ0n) is 9.99. The lowest BCUT2D eigenvalue weighted by Gasteiger charge is -2.09. The van der Waals surface area contributed by atoms with E-state index in [4.69, 9.17) is 5.73 Å². The van der Waals surface area contributed by atoms with E-state index in [2.05, 4.69) is 13.8 Å². The van der Waals surface area contributed by atoms with Gasteiger partial charge in [0.1, 0.15) is 5.75 Å². The third-order valence-electron chi connectivity index (χ3n) is 3.16. The second-order valence-corrected chi connectivity index (χ2v) is 4.49. The largest absolute Gasteiger partial charge is 0.507 e. The number of hydrogen-bond donors (Lipinski definition) is 2. The molecule has 3 N–H and O–H groups in total. The van der Waals surface area contributed by atoms with Gasteiger partial charge in [-0.25, -0.2) is 0 Å². The Morgan fingerprint density at radius 2 is 2.06 bits per heavy atom. The van der Waals surface area contributed by atoms with E-state index in [0.717, 1.165) is 22.2 Å². The Morgan fingerprint density at radius 1 is 1.38 bits per heavy atom. The van der Waals surface area contributed by atoms with Gasteiger partial charge in [-0.2, -0.15) is 0 Å². The summed E-state index contributed by atoms with van der Waals surface area (Å²) in [5, 5.41) is 11.1. The highest BCUT2D eigenvalue weighted by atomic mass is 16.3. The maximum absolute atomic E-state index is 10.2. The van der Waals surface area contributed by atoms with Crippen LogP contribution >= 0.6 is 0 Å².